The molecule has 0 fully saturated rings. The zero-order valence-corrected chi connectivity index (χ0v) is 11.8. The molecule has 2 aliphatic rings. The smallest absolute Gasteiger partial charge is 0.346 e. The molecule has 0 N–H and O–H groups in total. The summed E-state index contributed by atoms with van der Waals surface area (Å²) < 4.78 is 4.42. The van der Waals surface area contributed by atoms with E-state index in [-0.39, 0.29) is 5.57 Å². The number of carbonyl (C=O) groups is 2. The van der Waals surface area contributed by atoms with E-state index in [1.54, 1.807) is 18.2 Å². The van der Waals surface area contributed by atoms with Crippen LogP contribution in [-0.2, 0) is 14.3 Å². The van der Waals surface area contributed by atoms with Gasteiger partial charge in [-0.3, -0.25) is 0 Å². The van der Waals surface area contributed by atoms with Gasteiger partial charge in [0.15, 0.2) is 0 Å². The lowest BCUT2D eigenvalue weighted by Crippen LogP contribution is -2.02. The highest BCUT2D eigenvalue weighted by molar-refractivity contribution is 6.28. The number of carbonyl (C=O) groups excluding carboxylic acids is 2. The molecule has 21 heavy (non-hydrogen) atoms. The molecule has 1 aromatic rings. The topological polar surface area (TPSA) is 43.4 Å². The molecule has 0 aromatic heterocycles. The minimum atomic E-state index is -0.617. The molecule has 0 atom stereocenters. The summed E-state index contributed by atoms with van der Waals surface area (Å²) in [5.74, 6) is -1.22. The van der Waals surface area contributed by atoms with Crippen LogP contribution < -0.4 is 0 Å². The average Bonchev–Trinajstić information content (AvgIpc) is 3.08. The molecule has 0 amide bonds. The van der Waals surface area contributed by atoms with Crippen molar-refractivity contribution >= 4 is 23.6 Å². The third kappa shape index (κ3) is 3.66. The molecule has 1 aliphatic carbocycles. The Morgan fingerprint density at radius 1 is 1.24 bits per heavy atom. The average molecular weight is 280 g/mol. The summed E-state index contributed by atoms with van der Waals surface area (Å²) in [6.07, 6.45) is 10.4. The van der Waals surface area contributed by atoms with E-state index >= 15 is 0 Å². The Kier molecular flexibility index (Phi) is 4.67. The molecule has 0 unspecified atom stereocenters. The van der Waals surface area contributed by atoms with E-state index in [0.717, 1.165) is 5.56 Å². The summed E-state index contributed by atoms with van der Waals surface area (Å²) in [5, 5.41) is 0. The zero-order chi connectivity index (χ0) is 15.2. The molecule has 0 saturated carbocycles. The van der Waals surface area contributed by atoms with Gasteiger partial charge in [0, 0.05) is 6.08 Å². The zero-order valence-electron chi connectivity index (χ0n) is 11.8. The van der Waals surface area contributed by atoms with Crippen LogP contribution in [0.4, 0.5) is 0 Å². The normalized spacial score (nSPS) is 15.9. The summed E-state index contributed by atoms with van der Waals surface area (Å²) in [6, 6.07) is 7.20. The van der Waals surface area contributed by atoms with Gasteiger partial charge in [-0.1, -0.05) is 60.7 Å². The van der Waals surface area contributed by atoms with Crippen LogP contribution in [0.15, 0.2) is 60.7 Å². The van der Waals surface area contributed by atoms with Crippen LogP contribution in [-0.4, -0.2) is 11.9 Å². The Morgan fingerprint density at radius 3 is 2.48 bits per heavy atom. The van der Waals surface area contributed by atoms with Crippen molar-refractivity contribution in [2.75, 3.05) is 0 Å². The summed E-state index contributed by atoms with van der Waals surface area (Å²) in [5.41, 5.74) is 3.23. The first-order valence-corrected chi connectivity index (χ1v) is 6.64. The molecular weight excluding hydrogens is 264 g/mol. The van der Waals surface area contributed by atoms with Gasteiger partial charge in [0.2, 0.25) is 0 Å². The number of esters is 2. The lowest BCUT2D eigenvalue weighted by Gasteiger charge is -2.03. The number of cyclic esters (lactones) is 2. The van der Waals surface area contributed by atoms with Crippen LogP contribution in [0, 0.1) is 0 Å². The van der Waals surface area contributed by atoms with Gasteiger partial charge in [0.1, 0.15) is 0 Å². The second-order valence-corrected chi connectivity index (χ2v) is 4.70. The first-order chi connectivity index (χ1) is 10.1. The fraction of sp³-hybridized carbons (Fsp3) is 0.111. The van der Waals surface area contributed by atoms with Crippen molar-refractivity contribution in [3.8, 4) is 0 Å². The van der Waals surface area contributed by atoms with Crippen LogP contribution in [0.2, 0.25) is 0 Å². The van der Waals surface area contributed by atoms with Gasteiger partial charge in [-0.15, -0.1) is 0 Å². The molecule has 0 spiro atoms. The molecule has 0 bridgehead atoms. The van der Waals surface area contributed by atoms with E-state index in [4.69, 9.17) is 0 Å². The molecule has 3 rings (SSSR count). The maximum absolute atomic E-state index is 11.3. The Balaban J connectivity index is 0.000000225. The van der Waals surface area contributed by atoms with Crippen molar-refractivity contribution in [3.63, 3.8) is 0 Å². The van der Waals surface area contributed by atoms with Crippen LogP contribution in [0.25, 0.3) is 11.6 Å². The largest absolute Gasteiger partial charge is 0.386 e. The minimum Gasteiger partial charge on any atom is -0.386 e. The number of hydrogen-bond acceptors (Lipinski definition) is 3. The quantitative estimate of drug-likeness (QED) is 0.613. The Bertz CT molecular complexity index is 675. The fourth-order valence-electron chi connectivity index (χ4n) is 2.01. The van der Waals surface area contributed by atoms with E-state index in [1.165, 1.54) is 18.1 Å². The van der Waals surface area contributed by atoms with Crippen molar-refractivity contribution < 1.29 is 14.3 Å². The first kappa shape index (κ1) is 14.7. The Hall–Kier alpha value is -2.68. The maximum Gasteiger partial charge on any atom is 0.346 e. The first-order valence-electron chi connectivity index (χ1n) is 6.64. The molecule has 0 saturated heterocycles. The SMILES string of the molecule is C=Cc1ccccc1C1=CC(=O)OC1=O.CC1=CC=CC1. The molecule has 3 heteroatoms. The lowest BCUT2D eigenvalue weighted by atomic mass is 10.0. The van der Waals surface area contributed by atoms with E-state index < -0.39 is 11.9 Å². The Morgan fingerprint density at radius 2 is 2.00 bits per heavy atom. The van der Waals surface area contributed by atoms with Crippen molar-refractivity contribution in [1.82, 2.24) is 0 Å². The van der Waals surface area contributed by atoms with Gasteiger partial charge in [0.05, 0.1) is 5.57 Å². The highest BCUT2D eigenvalue weighted by atomic mass is 16.6. The molecule has 106 valence electrons. The standard InChI is InChI=1S/C12H8O3.C6H8/c1-2-8-5-3-4-6-9(8)10-7-11(13)15-12(10)14;1-6-4-2-3-5-6/h2-7H,1H2;2-4H,5H2,1H3. The van der Waals surface area contributed by atoms with Crippen LogP contribution >= 0.6 is 0 Å². The van der Waals surface area contributed by atoms with E-state index in [2.05, 4.69) is 36.5 Å². The number of allylic oxidation sites excluding steroid dienone is 4. The van der Waals surface area contributed by atoms with Gasteiger partial charge in [-0.05, 0) is 24.5 Å². The van der Waals surface area contributed by atoms with Gasteiger partial charge >= 0.3 is 11.9 Å². The fourth-order valence-corrected chi connectivity index (χ4v) is 2.01. The highest BCUT2D eigenvalue weighted by Gasteiger charge is 2.25. The van der Waals surface area contributed by atoms with Crippen molar-refractivity contribution in [3.05, 3.63) is 71.8 Å². The van der Waals surface area contributed by atoms with E-state index in [9.17, 15) is 9.59 Å². The van der Waals surface area contributed by atoms with Crippen LogP contribution in [0.3, 0.4) is 0 Å². The van der Waals surface area contributed by atoms with Crippen molar-refractivity contribution in [2.24, 2.45) is 0 Å². The summed E-state index contributed by atoms with van der Waals surface area (Å²) in [7, 11) is 0. The van der Waals surface area contributed by atoms with Crippen molar-refractivity contribution in [2.45, 2.75) is 13.3 Å². The second kappa shape index (κ2) is 6.66. The van der Waals surface area contributed by atoms with E-state index in [0.29, 0.717) is 5.56 Å². The monoisotopic (exact) mass is 280 g/mol. The second-order valence-electron chi connectivity index (χ2n) is 4.70. The molecule has 1 aliphatic heterocycles. The van der Waals surface area contributed by atoms with Crippen LogP contribution in [0.5, 0.6) is 0 Å². The number of hydrogen-bond donors (Lipinski definition) is 0. The predicted octanol–water partition coefficient (Wildman–Crippen LogP) is 3.69. The van der Waals surface area contributed by atoms with Gasteiger partial charge in [0.25, 0.3) is 0 Å². The molecular formula is C18H16O3. The lowest BCUT2D eigenvalue weighted by molar-refractivity contribution is -0.149. The van der Waals surface area contributed by atoms with Crippen molar-refractivity contribution in [1.29, 1.82) is 0 Å². The molecule has 1 aromatic carbocycles. The molecule has 0 radical (unpaired) electrons. The Labute approximate surface area is 123 Å². The molecule has 3 nitrogen and oxygen atoms in total. The van der Waals surface area contributed by atoms with Gasteiger partial charge in [-0.25, -0.2) is 9.59 Å². The summed E-state index contributed by atoms with van der Waals surface area (Å²) in [4.78, 5) is 22.2. The van der Waals surface area contributed by atoms with Gasteiger partial charge < -0.3 is 4.74 Å². The number of ether oxygens (including phenoxy) is 1. The maximum atomic E-state index is 11.3. The van der Waals surface area contributed by atoms with E-state index in [1.807, 2.05) is 12.1 Å². The minimum absolute atomic E-state index is 0.288. The number of rotatable bonds is 2. The highest BCUT2D eigenvalue weighted by Crippen LogP contribution is 2.24. The third-order valence-corrected chi connectivity index (χ3v) is 3.10. The predicted molar refractivity (Wildman–Crippen MR) is 83.1 cm³/mol. The molecule has 1 heterocycles. The third-order valence-electron chi connectivity index (χ3n) is 3.10. The summed E-state index contributed by atoms with van der Waals surface area (Å²) >= 11 is 0. The number of benzene rings is 1. The summed E-state index contributed by atoms with van der Waals surface area (Å²) in [6.45, 7) is 5.78. The van der Waals surface area contributed by atoms with Gasteiger partial charge in [-0.2, -0.15) is 0 Å². The van der Waals surface area contributed by atoms with Crippen LogP contribution in [0.1, 0.15) is 24.5 Å².